The lowest BCUT2D eigenvalue weighted by molar-refractivity contribution is -0.132. The van der Waals surface area contributed by atoms with E-state index in [4.69, 9.17) is 4.74 Å². The summed E-state index contributed by atoms with van der Waals surface area (Å²) in [6.07, 6.45) is -3.62. The first-order valence-electron chi connectivity index (χ1n) is 8.33. The Labute approximate surface area is 154 Å². The van der Waals surface area contributed by atoms with Crippen molar-refractivity contribution in [2.24, 2.45) is 4.99 Å². The number of aromatic nitrogens is 1. The van der Waals surface area contributed by atoms with E-state index >= 15 is 0 Å². The number of alkyl halides is 3. The van der Waals surface area contributed by atoms with Gasteiger partial charge in [0.1, 0.15) is 11.6 Å². The molecule has 0 spiro atoms. The fourth-order valence-corrected chi connectivity index (χ4v) is 2.05. The van der Waals surface area contributed by atoms with Crippen LogP contribution in [0, 0.1) is 5.82 Å². The van der Waals surface area contributed by atoms with Crippen LogP contribution in [0.3, 0.4) is 0 Å². The Hall–Kier alpha value is -2.84. The van der Waals surface area contributed by atoms with E-state index in [-0.39, 0.29) is 13.1 Å². The van der Waals surface area contributed by atoms with E-state index in [0.29, 0.717) is 24.1 Å². The van der Waals surface area contributed by atoms with E-state index in [2.05, 4.69) is 20.6 Å². The van der Waals surface area contributed by atoms with E-state index in [1.54, 1.807) is 18.2 Å². The van der Waals surface area contributed by atoms with Gasteiger partial charge in [0.15, 0.2) is 5.96 Å². The average molecular weight is 384 g/mol. The monoisotopic (exact) mass is 384 g/mol. The van der Waals surface area contributed by atoms with Gasteiger partial charge in [-0.05, 0) is 24.6 Å². The molecule has 0 unspecified atom stereocenters. The lowest BCUT2D eigenvalue weighted by Gasteiger charge is -2.12. The second-order valence-electron chi connectivity index (χ2n) is 5.55. The third kappa shape index (κ3) is 7.93. The number of hydrogen-bond donors (Lipinski definition) is 2. The predicted octanol–water partition coefficient (Wildman–Crippen LogP) is 4.02. The second kappa shape index (κ2) is 9.75. The van der Waals surface area contributed by atoms with Gasteiger partial charge >= 0.3 is 6.18 Å². The normalized spacial score (nSPS) is 12.0. The fourth-order valence-electron chi connectivity index (χ4n) is 2.05. The van der Waals surface area contributed by atoms with Gasteiger partial charge in [0.05, 0.1) is 13.0 Å². The number of pyridine rings is 1. The summed E-state index contributed by atoms with van der Waals surface area (Å²) >= 11 is 0. The van der Waals surface area contributed by atoms with Gasteiger partial charge in [-0.25, -0.2) is 14.4 Å². The summed E-state index contributed by atoms with van der Waals surface area (Å²) in [4.78, 5) is 8.34. The highest BCUT2D eigenvalue weighted by atomic mass is 19.4. The SMILES string of the molecule is CCNC(=NCc1ccc(Oc2cccc(F)c2)nc1)NCCC(F)(F)F. The van der Waals surface area contributed by atoms with Crippen molar-refractivity contribution in [1.82, 2.24) is 15.6 Å². The van der Waals surface area contributed by atoms with Gasteiger partial charge in [0.2, 0.25) is 5.88 Å². The lowest BCUT2D eigenvalue weighted by atomic mass is 10.3. The van der Waals surface area contributed by atoms with Crippen LogP contribution < -0.4 is 15.4 Å². The third-order valence-corrected chi connectivity index (χ3v) is 3.28. The molecule has 9 heteroatoms. The Bertz CT molecular complexity index is 748. The zero-order chi connectivity index (χ0) is 19.7. The molecule has 2 rings (SSSR count). The molecule has 0 saturated heterocycles. The Morgan fingerprint density at radius 2 is 2.00 bits per heavy atom. The van der Waals surface area contributed by atoms with Crippen LogP contribution in [0.15, 0.2) is 47.6 Å². The number of benzene rings is 1. The van der Waals surface area contributed by atoms with Crippen LogP contribution in [0.4, 0.5) is 17.6 Å². The Morgan fingerprint density at radius 3 is 2.63 bits per heavy atom. The van der Waals surface area contributed by atoms with Crippen molar-refractivity contribution in [3.63, 3.8) is 0 Å². The maximum atomic E-state index is 13.1. The summed E-state index contributed by atoms with van der Waals surface area (Å²) in [6.45, 7) is 2.32. The molecule has 5 nitrogen and oxygen atoms in total. The van der Waals surface area contributed by atoms with Gasteiger partial charge in [-0.3, -0.25) is 0 Å². The van der Waals surface area contributed by atoms with Crippen LogP contribution in [-0.4, -0.2) is 30.2 Å². The van der Waals surface area contributed by atoms with Crippen molar-refractivity contribution in [2.45, 2.75) is 26.1 Å². The molecule has 2 N–H and O–H groups in total. The van der Waals surface area contributed by atoms with Gasteiger partial charge in [-0.1, -0.05) is 12.1 Å². The summed E-state index contributed by atoms with van der Waals surface area (Å²) in [7, 11) is 0. The Kier molecular flexibility index (Phi) is 7.39. The van der Waals surface area contributed by atoms with Gasteiger partial charge in [0.25, 0.3) is 0 Å². The van der Waals surface area contributed by atoms with E-state index in [0.717, 1.165) is 5.56 Å². The van der Waals surface area contributed by atoms with E-state index in [1.165, 1.54) is 24.4 Å². The van der Waals surface area contributed by atoms with Crippen molar-refractivity contribution < 1.29 is 22.3 Å². The molecule has 0 aliphatic carbocycles. The number of hydrogen-bond acceptors (Lipinski definition) is 3. The quantitative estimate of drug-likeness (QED) is 0.430. The maximum absolute atomic E-state index is 13.1. The zero-order valence-corrected chi connectivity index (χ0v) is 14.7. The van der Waals surface area contributed by atoms with Crippen molar-refractivity contribution >= 4 is 5.96 Å². The molecule has 0 amide bonds. The number of nitrogens with one attached hydrogen (secondary N) is 2. The Morgan fingerprint density at radius 1 is 1.19 bits per heavy atom. The van der Waals surface area contributed by atoms with Crippen LogP contribution in [0.5, 0.6) is 11.6 Å². The second-order valence-corrected chi connectivity index (χ2v) is 5.55. The minimum absolute atomic E-state index is 0.231. The highest BCUT2D eigenvalue weighted by molar-refractivity contribution is 5.79. The van der Waals surface area contributed by atoms with Crippen molar-refractivity contribution in [3.8, 4) is 11.6 Å². The standard InChI is InChI=1S/C18H20F4N4O/c1-2-23-17(24-9-8-18(20,21)22)26-12-13-6-7-16(25-11-13)27-15-5-3-4-14(19)10-15/h3-7,10-11H,2,8-9,12H2,1H3,(H2,23,24,26). The van der Waals surface area contributed by atoms with Crippen molar-refractivity contribution in [3.05, 3.63) is 54.0 Å². The van der Waals surface area contributed by atoms with Gasteiger partial charge < -0.3 is 15.4 Å². The molecule has 0 saturated carbocycles. The van der Waals surface area contributed by atoms with E-state index in [9.17, 15) is 17.6 Å². The zero-order valence-electron chi connectivity index (χ0n) is 14.7. The van der Waals surface area contributed by atoms with Crippen molar-refractivity contribution in [1.29, 1.82) is 0 Å². The number of ether oxygens (including phenoxy) is 1. The highest BCUT2D eigenvalue weighted by Gasteiger charge is 2.26. The van der Waals surface area contributed by atoms with Crippen LogP contribution in [0.25, 0.3) is 0 Å². The molecule has 0 aliphatic heterocycles. The number of aliphatic imine (C=N–C) groups is 1. The lowest BCUT2D eigenvalue weighted by Crippen LogP contribution is -2.38. The largest absolute Gasteiger partial charge is 0.439 e. The number of halogens is 4. The molecule has 0 aliphatic rings. The minimum atomic E-state index is -4.22. The first kappa shape index (κ1) is 20.5. The molecule has 1 aromatic heterocycles. The topological polar surface area (TPSA) is 58.5 Å². The molecule has 2 aromatic rings. The molecule has 1 aromatic carbocycles. The van der Waals surface area contributed by atoms with E-state index in [1.807, 2.05) is 6.92 Å². The van der Waals surface area contributed by atoms with Crippen LogP contribution >= 0.6 is 0 Å². The minimum Gasteiger partial charge on any atom is -0.439 e. The highest BCUT2D eigenvalue weighted by Crippen LogP contribution is 2.20. The number of guanidine groups is 1. The van der Waals surface area contributed by atoms with Crippen LogP contribution in [-0.2, 0) is 6.54 Å². The fraction of sp³-hybridized carbons (Fsp3) is 0.333. The van der Waals surface area contributed by atoms with Crippen LogP contribution in [0.2, 0.25) is 0 Å². The molecule has 27 heavy (non-hydrogen) atoms. The van der Waals surface area contributed by atoms with Gasteiger partial charge in [0, 0.05) is 31.4 Å². The van der Waals surface area contributed by atoms with Crippen LogP contribution in [0.1, 0.15) is 18.9 Å². The number of rotatable bonds is 7. The van der Waals surface area contributed by atoms with Gasteiger partial charge in [-0.15, -0.1) is 0 Å². The summed E-state index contributed by atoms with van der Waals surface area (Å²) in [5.74, 6) is 0.509. The summed E-state index contributed by atoms with van der Waals surface area (Å²) in [6, 6.07) is 9.03. The summed E-state index contributed by atoms with van der Waals surface area (Å²) in [5.41, 5.74) is 0.745. The van der Waals surface area contributed by atoms with E-state index < -0.39 is 18.4 Å². The molecule has 0 atom stereocenters. The molecule has 0 fully saturated rings. The molecule has 146 valence electrons. The number of nitrogens with zero attached hydrogens (tertiary/aromatic N) is 2. The predicted molar refractivity (Wildman–Crippen MR) is 94.2 cm³/mol. The first-order chi connectivity index (χ1) is 12.9. The maximum Gasteiger partial charge on any atom is 0.390 e. The summed E-state index contributed by atoms with van der Waals surface area (Å²) < 4.78 is 55.2. The summed E-state index contributed by atoms with van der Waals surface area (Å²) in [5, 5.41) is 5.51. The molecule has 0 radical (unpaired) electrons. The third-order valence-electron chi connectivity index (χ3n) is 3.28. The molecule has 1 heterocycles. The molecule has 0 bridgehead atoms. The average Bonchev–Trinajstić information content (AvgIpc) is 2.60. The molecular formula is C18H20F4N4O. The smallest absolute Gasteiger partial charge is 0.390 e. The van der Waals surface area contributed by atoms with Gasteiger partial charge in [-0.2, -0.15) is 13.2 Å². The molecular weight excluding hydrogens is 364 g/mol. The Balaban J connectivity index is 1.91. The first-order valence-corrected chi connectivity index (χ1v) is 8.33. The van der Waals surface area contributed by atoms with Crippen molar-refractivity contribution in [2.75, 3.05) is 13.1 Å².